The van der Waals surface area contributed by atoms with Crippen LogP contribution in [0.5, 0.6) is 0 Å². The highest BCUT2D eigenvalue weighted by molar-refractivity contribution is 5.95. The molecule has 1 amide bonds. The Morgan fingerprint density at radius 1 is 1.43 bits per heavy atom. The van der Waals surface area contributed by atoms with Crippen LogP contribution in [0.3, 0.4) is 0 Å². The lowest BCUT2D eigenvalue weighted by atomic mass is 10.1. The van der Waals surface area contributed by atoms with Crippen molar-refractivity contribution in [3.8, 4) is 0 Å². The highest BCUT2D eigenvalue weighted by Crippen LogP contribution is 2.15. The van der Waals surface area contributed by atoms with Crippen molar-refractivity contribution >= 4 is 11.7 Å². The third-order valence-electron chi connectivity index (χ3n) is 3.12. The third-order valence-corrected chi connectivity index (χ3v) is 3.12. The van der Waals surface area contributed by atoms with Gasteiger partial charge in [-0.1, -0.05) is 6.92 Å². The average Bonchev–Trinajstić information content (AvgIpc) is 2.93. The number of carbonyl (C=O) groups is 1. The zero-order chi connectivity index (χ0) is 15.4. The van der Waals surface area contributed by atoms with Crippen molar-refractivity contribution in [1.82, 2.24) is 15.3 Å². The van der Waals surface area contributed by atoms with Crippen molar-refractivity contribution in [3.63, 3.8) is 0 Å². The molecule has 0 bridgehead atoms. The Morgan fingerprint density at radius 2 is 2.19 bits per heavy atom. The number of oxazole rings is 1. The summed E-state index contributed by atoms with van der Waals surface area (Å²) >= 11 is 0. The molecule has 21 heavy (non-hydrogen) atoms. The van der Waals surface area contributed by atoms with Gasteiger partial charge in [-0.3, -0.25) is 4.79 Å². The number of nitrogens with zero attached hydrogens (tertiary/aromatic N) is 2. The Hall–Kier alpha value is -2.37. The van der Waals surface area contributed by atoms with Crippen LogP contribution in [0.25, 0.3) is 0 Å². The van der Waals surface area contributed by atoms with Gasteiger partial charge in [-0.05, 0) is 32.4 Å². The van der Waals surface area contributed by atoms with Gasteiger partial charge < -0.3 is 15.1 Å². The molecule has 6 nitrogen and oxygen atoms in total. The standard InChI is InChI=1S/C15H20N4O2/c1-5-12-6-11(7-13(16-4)19-12)14(20)18-10(3)15-17-8-9(2)21-15/h6-8,10H,5H2,1-4H3,(H,16,19)(H,18,20). The van der Waals surface area contributed by atoms with Crippen LogP contribution in [0.2, 0.25) is 0 Å². The largest absolute Gasteiger partial charge is 0.444 e. The van der Waals surface area contributed by atoms with E-state index in [1.807, 2.05) is 20.8 Å². The number of pyridine rings is 1. The fraction of sp³-hybridized carbons (Fsp3) is 0.400. The molecule has 0 saturated carbocycles. The van der Waals surface area contributed by atoms with Gasteiger partial charge in [0, 0.05) is 18.3 Å². The van der Waals surface area contributed by atoms with Crippen molar-refractivity contribution in [1.29, 1.82) is 0 Å². The molecule has 0 aromatic carbocycles. The second-order valence-corrected chi connectivity index (χ2v) is 4.84. The molecule has 0 saturated heterocycles. The molecule has 1 atom stereocenters. The lowest BCUT2D eigenvalue weighted by Gasteiger charge is -2.12. The topological polar surface area (TPSA) is 80.0 Å². The number of hydrogen-bond acceptors (Lipinski definition) is 5. The number of aryl methyl sites for hydroxylation is 2. The zero-order valence-electron chi connectivity index (χ0n) is 12.7. The van der Waals surface area contributed by atoms with E-state index in [1.165, 1.54) is 0 Å². The van der Waals surface area contributed by atoms with Gasteiger partial charge >= 0.3 is 0 Å². The van der Waals surface area contributed by atoms with Crippen LogP contribution in [0.15, 0.2) is 22.7 Å². The van der Waals surface area contributed by atoms with E-state index in [9.17, 15) is 4.79 Å². The number of carbonyl (C=O) groups excluding carboxylic acids is 1. The van der Waals surface area contributed by atoms with Crippen molar-refractivity contribution in [2.45, 2.75) is 33.2 Å². The zero-order valence-corrected chi connectivity index (χ0v) is 12.7. The highest BCUT2D eigenvalue weighted by Gasteiger charge is 2.16. The summed E-state index contributed by atoms with van der Waals surface area (Å²) in [6, 6.07) is 3.23. The predicted molar refractivity (Wildman–Crippen MR) is 80.3 cm³/mol. The summed E-state index contributed by atoms with van der Waals surface area (Å²) in [6.45, 7) is 5.66. The molecule has 2 aromatic heterocycles. The molecule has 112 valence electrons. The predicted octanol–water partition coefficient (Wildman–Crippen LogP) is 2.47. The molecular weight excluding hydrogens is 268 g/mol. The smallest absolute Gasteiger partial charge is 0.252 e. The first kappa shape index (κ1) is 15.0. The maximum atomic E-state index is 12.3. The summed E-state index contributed by atoms with van der Waals surface area (Å²) in [7, 11) is 1.78. The van der Waals surface area contributed by atoms with Crippen LogP contribution in [0, 0.1) is 6.92 Å². The average molecular weight is 288 g/mol. The summed E-state index contributed by atoms with van der Waals surface area (Å²) in [5.41, 5.74) is 1.44. The Balaban J connectivity index is 2.16. The molecule has 2 aromatic rings. The fourth-order valence-corrected chi connectivity index (χ4v) is 1.94. The lowest BCUT2D eigenvalue weighted by molar-refractivity contribution is 0.0933. The monoisotopic (exact) mass is 288 g/mol. The van der Waals surface area contributed by atoms with E-state index in [2.05, 4.69) is 20.6 Å². The highest BCUT2D eigenvalue weighted by atomic mass is 16.4. The minimum atomic E-state index is -0.289. The molecule has 1 unspecified atom stereocenters. The van der Waals surface area contributed by atoms with Crippen LogP contribution in [0.1, 0.15) is 47.6 Å². The summed E-state index contributed by atoms with van der Waals surface area (Å²) in [6.07, 6.45) is 2.41. The summed E-state index contributed by atoms with van der Waals surface area (Å²) < 4.78 is 5.42. The lowest BCUT2D eigenvalue weighted by Crippen LogP contribution is -2.27. The molecule has 0 aliphatic carbocycles. The summed E-state index contributed by atoms with van der Waals surface area (Å²) in [5, 5.41) is 5.84. The number of amides is 1. The molecule has 6 heteroatoms. The second kappa shape index (κ2) is 6.39. The first-order chi connectivity index (χ1) is 10.0. The molecule has 2 heterocycles. The SMILES string of the molecule is CCc1cc(C(=O)NC(C)c2ncc(C)o2)cc(NC)n1. The van der Waals surface area contributed by atoms with Crippen molar-refractivity contribution < 1.29 is 9.21 Å². The molecule has 2 rings (SSSR count). The van der Waals surface area contributed by atoms with E-state index in [-0.39, 0.29) is 11.9 Å². The minimum Gasteiger partial charge on any atom is -0.444 e. The Kier molecular flexibility index (Phi) is 4.57. The number of rotatable bonds is 5. The van der Waals surface area contributed by atoms with Crippen molar-refractivity contribution in [2.24, 2.45) is 0 Å². The van der Waals surface area contributed by atoms with Crippen LogP contribution < -0.4 is 10.6 Å². The van der Waals surface area contributed by atoms with E-state index in [0.29, 0.717) is 17.3 Å². The molecule has 0 fully saturated rings. The number of aromatic nitrogens is 2. The van der Waals surface area contributed by atoms with E-state index >= 15 is 0 Å². The fourth-order valence-electron chi connectivity index (χ4n) is 1.94. The van der Waals surface area contributed by atoms with Gasteiger partial charge in [0.2, 0.25) is 5.89 Å². The van der Waals surface area contributed by atoms with Crippen LogP contribution in [-0.4, -0.2) is 22.9 Å². The number of hydrogen-bond donors (Lipinski definition) is 2. The maximum absolute atomic E-state index is 12.3. The number of anilines is 1. The first-order valence-electron chi connectivity index (χ1n) is 6.95. The maximum Gasteiger partial charge on any atom is 0.252 e. The van der Waals surface area contributed by atoms with Crippen LogP contribution in [-0.2, 0) is 6.42 Å². The first-order valence-corrected chi connectivity index (χ1v) is 6.95. The van der Waals surface area contributed by atoms with E-state index in [4.69, 9.17) is 4.42 Å². The molecule has 0 aliphatic rings. The Labute approximate surface area is 124 Å². The summed E-state index contributed by atoms with van der Waals surface area (Å²) in [5.74, 6) is 1.73. The second-order valence-electron chi connectivity index (χ2n) is 4.84. The van der Waals surface area contributed by atoms with Gasteiger partial charge in [0.15, 0.2) is 0 Å². The molecule has 0 aliphatic heterocycles. The minimum absolute atomic E-state index is 0.174. The quantitative estimate of drug-likeness (QED) is 0.883. The van der Waals surface area contributed by atoms with Gasteiger partial charge in [-0.2, -0.15) is 0 Å². The Morgan fingerprint density at radius 3 is 2.76 bits per heavy atom. The Bertz CT molecular complexity index is 614. The summed E-state index contributed by atoms with van der Waals surface area (Å²) in [4.78, 5) is 20.8. The van der Waals surface area contributed by atoms with Crippen LogP contribution >= 0.6 is 0 Å². The molecular formula is C15H20N4O2. The van der Waals surface area contributed by atoms with Gasteiger partial charge in [0.1, 0.15) is 17.6 Å². The number of nitrogens with one attached hydrogen (secondary N) is 2. The van der Waals surface area contributed by atoms with Gasteiger partial charge in [0.05, 0.1) is 6.20 Å². The van der Waals surface area contributed by atoms with E-state index in [0.717, 1.165) is 17.9 Å². The normalized spacial score (nSPS) is 12.0. The van der Waals surface area contributed by atoms with Gasteiger partial charge in [0.25, 0.3) is 5.91 Å². The van der Waals surface area contributed by atoms with Crippen molar-refractivity contribution in [3.05, 3.63) is 41.2 Å². The third kappa shape index (κ3) is 3.59. The molecule has 0 radical (unpaired) electrons. The van der Waals surface area contributed by atoms with Gasteiger partial charge in [-0.15, -0.1) is 0 Å². The van der Waals surface area contributed by atoms with E-state index in [1.54, 1.807) is 25.4 Å². The van der Waals surface area contributed by atoms with E-state index < -0.39 is 0 Å². The van der Waals surface area contributed by atoms with Crippen LogP contribution in [0.4, 0.5) is 5.82 Å². The molecule has 0 spiro atoms. The van der Waals surface area contributed by atoms with Gasteiger partial charge in [-0.25, -0.2) is 9.97 Å². The molecule has 2 N–H and O–H groups in total. The van der Waals surface area contributed by atoms with Crippen molar-refractivity contribution in [2.75, 3.05) is 12.4 Å².